The second-order valence-electron chi connectivity index (χ2n) is 7.70. The normalized spacial score (nSPS) is 19.6. The number of likely N-dealkylation sites (tertiary alicyclic amines) is 1. The third kappa shape index (κ3) is 3.49. The molecule has 28 heavy (non-hydrogen) atoms. The van der Waals surface area contributed by atoms with Crippen LogP contribution in [0.25, 0.3) is 11.4 Å². The van der Waals surface area contributed by atoms with E-state index in [0.717, 1.165) is 50.8 Å². The fourth-order valence-corrected chi connectivity index (χ4v) is 4.33. The molecule has 0 spiro atoms. The number of β-amino-alcohol motifs (C(OH)–C–C–N with tert-alkyl or cyclic N) is 1. The number of aromatic nitrogens is 3. The van der Waals surface area contributed by atoms with Crippen molar-refractivity contribution in [2.24, 2.45) is 7.05 Å². The SMILES string of the molecule is Cn1c(-c2ccc3c(c2O)CCC3)nnc(N[C@@H]2CCCN(CCO)C2)c1=O. The minimum absolute atomic E-state index is 0.0987. The average molecular weight is 385 g/mol. The maximum absolute atomic E-state index is 12.9. The smallest absolute Gasteiger partial charge is 0.296 e. The predicted molar refractivity (Wildman–Crippen MR) is 107 cm³/mol. The van der Waals surface area contributed by atoms with Crippen molar-refractivity contribution in [1.29, 1.82) is 0 Å². The van der Waals surface area contributed by atoms with Gasteiger partial charge in [0.1, 0.15) is 5.75 Å². The largest absolute Gasteiger partial charge is 0.507 e. The summed E-state index contributed by atoms with van der Waals surface area (Å²) in [6.07, 6.45) is 4.81. The van der Waals surface area contributed by atoms with Crippen molar-refractivity contribution in [3.8, 4) is 17.1 Å². The van der Waals surface area contributed by atoms with Crippen LogP contribution in [0.15, 0.2) is 16.9 Å². The predicted octanol–water partition coefficient (Wildman–Crippen LogP) is 0.905. The lowest BCUT2D eigenvalue weighted by atomic mass is 10.0. The first kappa shape index (κ1) is 18.9. The van der Waals surface area contributed by atoms with Crippen molar-refractivity contribution in [1.82, 2.24) is 19.7 Å². The number of hydrogen-bond acceptors (Lipinski definition) is 7. The molecule has 1 aromatic carbocycles. The average Bonchev–Trinajstić information content (AvgIpc) is 3.17. The number of nitrogens with zero attached hydrogens (tertiary/aromatic N) is 4. The topological polar surface area (TPSA) is 104 Å². The van der Waals surface area contributed by atoms with Crippen molar-refractivity contribution in [2.75, 3.05) is 31.6 Å². The molecule has 0 saturated carbocycles. The van der Waals surface area contributed by atoms with E-state index in [2.05, 4.69) is 20.4 Å². The summed E-state index contributed by atoms with van der Waals surface area (Å²) in [7, 11) is 1.66. The molecule has 150 valence electrons. The fourth-order valence-electron chi connectivity index (χ4n) is 4.33. The molecular weight excluding hydrogens is 358 g/mol. The fraction of sp³-hybridized carbons (Fsp3) is 0.550. The molecule has 0 radical (unpaired) electrons. The Labute approximate surface area is 163 Å². The molecule has 0 unspecified atom stereocenters. The van der Waals surface area contributed by atoms with Crippen LogP contribution in [0.4, 0.5) is 5.82 Å². The van der Waals surface area contributed by atoms with Gasteiger partial charge in [0.25, 0.3) is 5.56 Å². The molecule has 2 aromatic rings. The minimum Gasteiger partial charge on any atom is -0.507 e. The van der Waals surface area contributed by atoms with Crippen LogP contribution in [0.5, 0.6) is 5.75 Å². The van der Waals surface area contributed by atoms with E-state index in [9.17, 15) is 9.90 Å². The van der Waals surface area contributed by atoms with E-state index in [1.165, 1.54) is 10.1 Å². The number of aliphatic hydroxyl groups is 1. The van der Waals surface area contributed by atoms with Crippen LogP contribution in [0.3, 0.4) is 0 Å². The Hall–Kier alpha value is -2.45. The first-order chi connectivity index (χ1) is 13.6. The van der Waals surface area contributed by atoms with Crippen LogP contribution in [0.1, 0.15) is 30.4 Å². The molecule has 4 rings (SSSR count). The summed E-state index contributed by atoms with van der Waals surface area (Å²) in [5.74, 6) is 0.808. The van der Waals surface area contributed by atoms with E-state index < -0.39 is 0 Å². The Bertz CT molecular complexity index is 925. The molecule has 2 aliphatic rings. The number of anilines is 1. The third-order valence-electron chi connectivity index (χ3n) is 5.83. The number of phenolic OH excluding ortho intramolecular Hbond substituents is 1. The van der Waals surface area contributed by atoms with Gasteiger partial charge in [-0.25, -0.2) is 0 Å². The molecule has 8 nitrogen and oxygen atoms in total. The van der Waals surface area contributed by atoms with Gasteiger partial charge in [0.2, 0.25) is 5.82 Å². The Morgan fingerprint density at radius 1 is 1.25 bits per heavy atom. The van der Waals surface area contributed by atoms with E-state index in [1.807, 2.05) is 12.1 Å². The van der Waals surface area contributed by atoms with E-state index in [0.29, 0.717) is 17.9 Å². The van der Waals surface area contributed by atoms with Crippen LogP contribution in [-0.4, -0.2) is 62.2 Å². The zero-order chi connectivity index (χ0) is 19.7. The second kappa shape index (κ2) is 7.89. The number of phenols is 1. The number of aryl methyl sites for hydroxylation is 1. The van der Waals surface area contributed by atoms with Crippen LogP contribution in [0.2, 0.25) is 0 Å². The standard InChI is InChI=1S/C20H27N5O3/c1-24-19(16-8-7-13-4-2-6-15(13)17(16)27)23-22-18(20(24)28)21-14-5-3-9-25(12-14)10-11-26/h7-8,14,26-27H,2-6,9-12H2,1H3,(H,21,22)/t14-/m1/s1. The van der Waals surface area contributed by atoms with Crippen molar-refractivity contribution >= 4 is 5.82 Å². The van der Waals surface area contributed by atoms with Crippen LogP contribution >= 0.6 is 0 Å². The molecule has 1 aliphatic carbocycles. The molecule has 1 fully saturated rings. The summed E-state index contributed by atoms with van der Waals surface area (Å²) in [6.45, 7) is 2.49. The quantitative estimate of drug-likeness (QED) is 0.703. The minimum atomic E-state index is -0.260. The molecule has 1 aliphatic heterocycles. The van der Waals surface area contributed by atoms with E-state index >= 15 is 0 Å². The molecule has 1 atom stereocenters. The lowest BCUT2D eigenvalue weighted by Gasteiger charge is -2.32. The first-order valence-corrected chi connectivity index (χ1v) is 9.96. The van der Waals surface area contributed by atoms with Gasteiger partial charge in [0.05, 0.1) is 12.2 Å². The first-order valence-electron chi connectivity index (χ1n) is 9.96. The van der Waals surface area contributed by atoms with Gasteiger partial charge < -0.3 is 15.5 Å². The number of piperidine rings is 1. The van der Waals surface area contributed by atoms with Gasteiger partial charge in [-0.1, -0.05) is 6.07 Å². The third-order valence-corrected chi connectivity index (χ3v) is 5.83. The number of benzene rings is 1. The summed E-state index contributed by atoms with van der Waals surface area (Å²) >= 11 is 0. The van der Waals surface area contributed by atoms with Crippen molar-refractivity contribution in [2.45, 2.75) is 38.1 Å². The molecule has 2 heterocycles. The highest BCUT2D eigenvalue weighted by molar-refractivity contribution is 5.68. The summed E-state index contributed by atoms with van der Waals surface area (Å²) in [5, 5.41) is 31.4. The summed E-state index contributed by atoms with van der Waals surface area (Å²) < 4.78 is 1.44. The van der Waals surface area contributed by atoms with Gasteiger partial charge in [-0.2, -0.15) is 0 Å². The number of fused-ring (bicyclic) bond motifs is 1. The maximum Gasteiger partial charge on any atom is 0.296 e. The number of hydrogen-bond donors (Lipinski definition) is 3. The van der Waals surface area contributed by atoms with Gasteiger partial charge in [-0.05, 0) is 55.8 Å². The number of aliphatic hydroxyl groups excluding tert-OH is 1. The number of rotatable bonds is 5. The monoisotopic (exact) mass is 385 g/mol. The number of aromatic hydroxyl groups is 1. The van der Waals surface area contributed by atoms with E-state index in [4.69, 9.17) is 5.11 Å². The summed E-state index contributed by atoms with van der Waals surface area (Å²) in [5.41, 5.74) is 2.41. The lowest BCUT2D eigenvalue weighted by molar-refractivity contribution is 0.166. The Balaban J connectivity index is 1.59. The Kier molecular flexibility index (Phi) is 5.32. The van der Waals surface area contributed by atoms with Gasteiger partial charge in [0.15, 0.2) is 5.82 Å². The van der Waals surface area contributed by atoms with Gasteiger partial charge in [-0.3, -0.25) is 14.3 Å². The highest BCUT2D eigenvalue weighted by atomic mass is 16.3. The van der Waals surface area contributed by atoms with Gasteiger partial charge in [0, 0.05) is 26.2 Å². The Morgan fingerprint density at radius 3 is 2.93 bits per heavy atom. The highest BCUT2D eigenvalue weighted by Gasteiger charge is 2.23. The number of nitrogens with one attached hydrogen (secondary N) is 1. The summed E-state index contributed by atoms with van der Waals surface area (Å²) in [4.78, 5) is 15.0. The molecule has 3 N–H and O–H groups in total. The van der Waals surface area contributed by atoms with E-state index in [1.54, 1.807) is 7.05 Å². The highest BCUT2D eigenvalue weighted by Crippen LogP contribution is 2.37. The molecular formula is C20H27N5O3. The second-order valence-corrected chi connectivity index (χ2v) is 7.70. The van der Waals surface area contributed by atoms with E-state index in [-0.39, 0.29) is 29.8 Å². The lowest BCUT2D eigenvalue weighted by Crippen LogP contribution is -2.44. The summed E-state index contributed by atoms with van der Waals surface area (Å²) in [6, 6.07) is 3.93. The van der Waals surface area contributed by atoms with Crippen molar-refractivity contribution < 1.29 is 10.2 Å². The zero-order valence-corrected chi connectivity index (χ0v) is 16.2. The molecule has 1 aromatic heterocycles. The van der Waals surface area contributed by atoms with Crippen LogP contribution < -0.4 is 10.9 Å². The Morgan fingerprint density at radius 2 is 2.11 bits per heavy atom. The molecule has 0 amide bonds. The van der Waals surface area contributed by atoms with Crippen molar-refractivity contribution in [3.05, 3.63) is 33.6 Å². The van der Waals surface area contributed by atoms with Crippen LogP contribution in [-0.2, 0) is 19.9 Å². The van der Waals surface area contributed by atoms with Crippen LogP contribution in [0, 0.1) is 0 Å². The maximum atomic E-state index is 12.9. The van der Waals surface area contributed by atoms with Crippen molar-refractivity contribution in [3.63, 3.8) is 0 Å². The zero-order valence-electron chi connectivity index (χ0n) is 16.2. The molecule has 0 bridgehead atoms. The molecule has 8 heteroatoms. The van der Waals surface area contributed by atoms with Gasteiger partial charge >= 0.3 is 0 Å². The van der Waals surface area contributed by atoms with Gasteiger partial charge in [-0.15, -0.1) is 10.2 Å². The molecule has 1 saturated heterocycles.